The molecule has 1 aromatic carbocycles. The van der Waals surface area contributed by atoms with Crippen LogP contribution in [0.4, 0.5) is 0 Å². The SMILES string of the molecule is Cc1nc2ccc(C#N)cc2c2c1O[C@]1(CC2)C[C@H]2C(=O)N[C@]3(C(=O)NS(=O)(=O)C4(C)CC4)C[C@H]3/C=C\CCCCC[C@H](CC(=O)OC(C)(C)C)C(=O)N2C1. The number of fused-ring (bicyclic) bond motifs is 5. The molecule has 0 radical (unpaired) electrons. The third-order valence-electron chi connectivity index (χ3n) is 12.0. The van der Waals surface area contributed by atoms with Crippen molar-refractivity contribution in [2.45, 2.75) is 139 Å². The number of aromatic nitrogens is 1. The van der Waals surface area contributed by atoms with E-state index in [0.717, 1.165) is 29.3 Å². The standard InChI is InChI=1S/C41H51N5O8S/c1-25-34-29(30-19-26(23-42)13-14-31(30)43-25)15-16-40(54-34)22-32-35(48)44-41(37(50)45-55(51,52)39(5)17-18-39)21-28(41)12-10-8-6-7-9-11-27(36(49)46(32)24-40)20-33(47)53-38(2,3)4/h10,12-14,19,27-28,32H,6-9,11,15-18,20-22,24H2,1-5H3,(H,44,48)(H,45,50)/b12-10-/t27-,28-,32+,40-,41-/m1/s1. The molecule has 5 atom stereocenters. The topological polar surface area (TPSA) is 185 Å². The smallest absolute Gasteiger partial charge is 0.307 e. The summed E-state index contributed by atoms with van der Waals surface area (Å²) in [6, 6.07) is 6.45. The summed E-state index contributed by atoms with van der Waals surface area (Å²) in [5.74, 6) is -2.88. The number of nitriles is 1. The molecule has 2 aromatic rings. The van der Waals surface area contributed by atoms with Gasteiger partial charge in [-0.1, -0.05) is 25.0 Å². The van der Waals surface area contributed by atoms with E-state index < -0.39 is 67.2 Å². The predicted molar refractivity (Wildman–Crippen MR) is 203 cm³/mol. The van der Waals surface area contributed by atoms with Crippen molar-refractivity contribution in [2.75, 3.05) is 6.54 Å². The quantitative estimate of drug-likeness (QED) is 0.315. The molecule has 294 valence electrons. The van der Waals surface area contributed by atoms with Crippen molar-refractivity contribution in [2.24, 2.45) is 11.8 Å². The summed E-state index contributed by atoms with van der Waals surface area (Å²) in [5, 5.41) is 13.4. The normalized spacial score (nSPS) is 29.6. The molecule has 3 aliphatic heterocycles. The molecule has 2 aliphatic carbocycles. The molecule has 4 heterocycles. The Balaban J connectivity index is 1.24. The van der Waals surface area contributed by atoms with Gasteiger partial charge in [0.25, 0.3) is 5.91 Å². The lowest BCUT2D eigenvalue weighted by Crippen LogP contribution is -2.57. The molecule has 2 saturated carbocycles. The molecule has 0 unspecified atom stereocenters. The number of aryl methyl sites for hydroxylation is 2. The van der Waals surface area contributed by atoms with E-state index in [2.05, 4.69) is 16.1 Å². The number of allylic oxidation sites excluding steroid dienone is 1. The number of esters is 1. The molecular formula is C41H51N5O8S. The number of nitrogens with zero attached hydrogens (tertiary/aromatic N) is 3. The Labute approximate surface area is 322 Å². The first-order valence-corrected chi connectivity index (χ1v) is 21.0. The van der Waals surface area contributed by atoms with Gasteiger partial charge in [-0.25, -0.2) is 13.4 Å². The molecular weight excluding hydrogens is 723 g/mol. The van der Waals surface area contributed by atoms with Gasteiger partial charge >= 0.3 is 5.97 Å². The number of nitrogens with one attached hydrogen (secondary N) is 2. The van der Waals surface area contributed by atoms with Gasteiger partial charge in [0.1, 0.15) is 28.5 Å². The number of sulfonamides is 1. The summed E-state index contributed by atoms with van der Waals surface area (Å²) < 4.78 is 40.2. The minimum absolute atomic E-state index is 0.0547. The number of hydrogen-bond acceptors (Lipinski definition) is 10. The highest BCUT2D eigenvalue weighted by molar-refractivity contribution is 7.91. The number of hydrogen-bond donors (Lipinski definition) is 2. The number of carbonyl (C=O) groups is 4. The third-order valence-corrected chi connectivity index (χ3v) is 14.2. The van der Waals surface area contributed by atoms with Crippen LogP contribution in [0.3, 0.4) is 0 Å². The van der Waals surface area contributed by atoms with Gasteiger partial charge in [0, 0.05) is 29.2 Å². The van der Waals surface area contributed by atoms with Crippen molar-refractivity contribution in [3.63, 3.8) is 0 Å². The summed E-state index contributed by atoms with van der Waals surface area (Å²) in [5.41, 5.74) is -0.477. The zero-order valence-corrected chi connectivity index (χ0v) is 33.1. The van der Waals surface area contributed by atoms with Crippen LogP contribution in [-0.2, 0) is 40.4 Å². The largest absolute Gasteiger partial charge is 0.483 e. The van der Waals surface area contributed by atoms with E-state index >= 15 is 0 Å². The van der Waals surface area contributed by atoms with E-state index in [1.54, 1.807) is 39.8 Å². The minimum Gasteiger partial charge on any atom is -0.483 e. The molecule has 1 spiro atoms. The highest BCUT2D eigenvalue weighted by Crippen LogP contribution is 2.49. The molecule has 13 nitrogen and oxygen atoms in total. The Hall–Kier alpha value is -4.51. The average molecular weight is 774 g/mol. The van der Waals surface area contributed by atoms with E-state index in [4.69, 9.17) is 14.5 Å². The molecule has 0 bridgehead atoms. The summed E-state index contributed by atoms with van der Waals surface area (Å²) in [4.78, 5) is 62.8. The van der Waals surface area contributed by atoms with Gasteiger partial charge < -0.3 is 19.7 Å². The van der Waals surface area contributed by atoms with Gasteiger partial charge in [0.2, 0.25) is 21.8 Å². The molecule has 2 N–H and O–H groups in total. The highest BCUT2D eigenvalue weighted by atomic mass is 32.2. The molecule has 55 heavy (non-hydrogen) atoms. The Morgan fingerprint density at radius 1 is 1.15 bits per heavy atom. The maximum atomic E-state index is 14.8. The van der Waals surface area contributed by atoms with Crippen molar-refractivity contribution >= 4 is 44.6 Å². The predicted octanol–water partition coefficient (Wildman–Crippen LogP) is 4.82. The first-order valence-electron chi connectivity index (χ1n) is 19.5. The fourth-order valence-electron chi connectivity index (χ4n) is 8.48. The molecule has 1 aromatic heterocycles. The van der Waals surface area contributed by atoms with Crippen molar-refractivity contribution < 1.29 is 37.1 Å². The maximum absolute atomic E-state index is 14.8. The van der Waals surface area contributed by atoms with Crippen molar-refractivity contribution in [1.82, 2.24) is 19.9 Å². The molecule has 3 amide bonds. The number of pyridine rings is 1. The van der Waals surface area contributed by atoms with Gasteiger partial charge in [-0.2, -0.15) is 5.26 Å². The lowest BCUT2D eigenvalue weighted by atomic mass is 9.87. The van der Waals surface area contributed by atoms with Crippen LogP contribution in [0.2, 0.25) is 0 Å². The Morgan fingerprint density at radius 3 is 2.62 bits per heavy atom. The Kier molecular flexibility index (Phi) is 9.80. The summed E-state index contributed by atoms with van der Waals surface area (Å²) >= 11 is 0. The van der Waals surface area contributed by atoms with Crippen molar-refractivity contribution in [3.8, 4) is 11.8 Å². The zero-order chi connectivity index (χ0) is 39.6. The average Bonchev–Trinajstić information content (AvgIpc) is 4.01. The number of benzene rings is 1. The summed E-state index contributed by atoms with van der Waals surface area (Å²) in [6.07, 6.45) is 9.32. The molecule has 3 fully saturated rings. The molecule has 7 rings (SSSR count). The van der Waals surface area contributed by atoms with E-state index in [1.165, 1.54) is 4.90 Å². The maximum Gasteiger partial charge on any atom is 0.307 e. The van der Waals surface area contributed by atoms with E-state index in [9.17, 15) is 32.9 Å². The van der Waals surface area contributed by atoms with Crippen LogP contribution in [0.1, 0.15) is 115 Å². The number of carbonyl (C=O) groups excluding carboxylic acids is 4. The van der Waals surface area contributed by atoms with Gasteiger partial charge in [-0.05, 0) is 104 Å². The number of ether oxygens (including phenoxy) is 2. The molecule has 1 saturated heterocycles. The monoisotopic (exact) mass is 773 g/mol. The van der Waals surface area contributed by atoms with Crippen LogP contribution in [0.15, 0.2) is 30.4 Å². The van der Waals surface area contributed by atoms with E-state index in [-0.39, 0.29) is 31.7 Å². The minimum atomic E-state index is -3.99. The van der Waals surface area contributed by atoms with Crippen molar-refractivity contribution in [1.29, 1.82) is 5.26 Å². The second-order valence-corrected chi connectivity index (χ2v) is 19.7. The van der Waals surface area contributed by atoms with Crippen LogP contribution in [-0.4, -0.2) is 76.1 Å². The molecule has 14 heteroatoms. The Bertz CT molecular complexity index is 2130. The molecule has 5 aliphatic rings. The first kappa shape index (κ1) is 38.8. The van der Waals surface area contributed by atoms with Crippen LogP contribution in [0.5, 0.6) is 5.75 Å². The second kappa shape index (κ2) is 13.9. The summed E-state index contributed by atoms with van der Waals surface area (Å²) in [7, 11) is -3.99. The lowest BCUT2D eigenvalue weighted by molar-refractivity contribution is -0.159. The van der Waals surface area contributed by atoms with Gasteiger partial charge in [-0.3, -0.25) is 23.9 Å². The first-order chi connectivity index (χ1) is 25.9. The van der Waals surface area contributed by atoms with E-state index in [0.29, 0.717) is 62.0 Å². The Morgan fingerprint density at radius 2 is 1.91 bits per heavy atom. The van der Waals surface area contributed by atoms with E-state index in [1.807, 2.05) is 25.1 Å². The van der Waals surface area contributed by atoms with Gasteiger partial charge in [0.15, 0.2) is 0 Å². The van der Waals surface area contributed by atoms with Crippen LogP contribution in [0.25, 0.3) is 10.9 Å². The van der Waals surface area contributed by atoms with Crippen LogP contribution >= 0.6 is 0 Å². The fraction of sp³-hybridized carbons (Fsp3) is 0.610. The number of rotatable bonds is 5. The lowest BCUT2D eigenvalue weighted by Gasteiger charge is -2.36. The fourth-order valence-corrected chi connectivity index (χ4v) is 9.79. The summed E-state index contributed by atoms with van der Waals surface area (Å²) in [6.45, 7) is 8.81. The van der Waals surface area contributed by atoms with Gasteiger partial charge in [-0.15, -0.1) is 0 Å². The van der Waals surface area contributed by atoms with Gasteiger partial charge in [0.05, 0.1) is 40.6 Å². The second-order valence-electron chi connectivity index (χ2n) is 17.5. The third kappa shape index (κ3) is 7.56. The van der Waals surface area contributed by atoms with Crippen LogP contribution in [0, 0.1) is 30.1 Å². The number of amides is 3. The highest BCUT2D eigenvalue weighted by Gasteiger charge is 2.64. The zero-order valence-electron chi connectivity index (χ0n) is 32.3. The van der Waals surface area contributed by atoms with Crippen molar-refractivity contribution in [3.05, 3.63) is 47.2 Å². The van der Waals surface area contributed by atoms with Crippen LogP contribution < -0.4 is 14.8 Å².